The molecule has 0 amide bonds. The van der Waals surface area contributed by atoms with Crippen molar-refractivity contribution in [2.45, 2.75) is 18.9 Å². The first-order valence-electron chi connectivity index (χ1n) is 10.1. The summed E-state index contributed by atoms with van der Waals surface area (Å²) in [5.41, 5.74) is 1.23. The molecule has 0 radical (unpaired) electrons. The standard InChI is InChI=1S/C22H22ClFN4O4/c1-31-19-10-18-15(9-20(19)32-14-4-6-28(7-5-14)11-21(29)30)22(26-12-25-18)27-13-2-3-17(24)16(23)8-13/h2-3,8-10,12,14H,4-7,11H2,1H3,(H,29,30)(H,25,26,27). The van der Waals surface area contributed by atoms with Crippen LogP contribution in [0, 0.1) is 5.82 Å². The van der Waals surface area contributed by atoms with Crippen LogP contribution in [0.3, 0.4) is 0 Å². The zero-order chi connectivity index (χ0) is 22.7. The number of nitrogens with one attached hydrogen (secondary N) is 1. The molecule has 1 fully saturated rings. The van der Waals surface area contributed by atoms with E-state index in [-0.39, 0.29) is 17.7 Å². The number of nitrogens with zero attached hydrogens (tertiary/aromatic N) is 3. The van der Waals surface area contributed by atoms with Crippen LogP contribution in [0.1, 0.15) is 12.8 Å². The molecule has 0 atom stereocenters. The van der Waals surface area contributed by atoms with Crippen molar-refractivity contribution in [3.05, 3.63) is 47.5 Å². The molecule has 2 heterocycles. The van der Waals surface area contributed by atoms with Crippen molar-refractivity contribution in [2.75, 3.05) is 32.1 Å². The Morgan fingerprint density at radius 1 is 1.25 bits per heavy atom. The molecule has 0 unspecified atom stereocenters. The van der Waals surface area contributed by atoms with Gasteiger partial charge in [0.2, 0.25) is 0 Å². The smallest absolute Gasteiger partial charge is 0.317 e. The van der Waals surface area contributed by atoms with Gasteiger partial charge in [-0.2, -0.15) is 0 Å². The zero-order valence-corrected chi connectivity index (χ0v) is 18.1. The van der Waals surface area contributed by atoms with Crippen LogP contribution < -0.4 is 14.8 Å². The molecule has 0 bridgehead atoms. The predicted octanol–water partition coefficient (Wildman–Crippen LogP) is 4.10. The number of aromatic nitrogens is 2. The van der Waals surface area contributed by atoms with Crippen molar-refractivity contribution in [3.8, 4) is 11.5 Å². The fourth-order valence-electron chi connectivity index (χ4n) is 3.68. The molecule has 168 valence electrons. The minimum absolute atomic E-state index is 0.00768. The number of benzene rings is 2. The normalized spacial score (nSPS) is 15.0. The lowest BCUT2D eigenvalue weighted by atomic mass is 10.1. The molecule has 0 spiro atoms. The molecule has 3 aromatic rings. The Hall–Kier alpha value is -3.17. The summed E-state index contributed by atoms with van der Waals surface area (Å²) in [7, 11) is 1.56. The third-order valence-corrected chi connectivity index (χ3v) is 5.58. The van der Waals surface area contributed by atoms with Gasteiger partial charge in [-0.3, -0.25) is 9.69 Å². The van der Waals surface area contributed by atoms with Gasteiger partial charge in [-0.15, -0.1) is 0 Å². The van der Waals surface area contributed by atoms with Gasteiger partial charge in [0.25, 0.3) is 0 Å². The van der Waals surface area contributed by atoms with Crippen molar-refractivity contribution in [1.29, 1.82) is 0 Å². The van der Waals surface area contributed by atoms with Crippen molar-refractivity contribution >= 4 is 40.0 Å². The fraction of sp³-hybridized carbons (Fsp3) is 0.318. The van der Waals surface area contributed by atoms with Crippen LogP contribution in [0.15, 0.2) is 36.7 Å². The third-order valence-electron chi connectivity index (χ3n) is 5.29. The van der Waals surface area contributed by atoms with E-state index < -0.39 is 11.8 Å². The molecule has 1 aliphatic rings. The lowest BCUT2D eigenvalue weighted by Crippen LogP contribution is -2.40. The molecule has 2 N–H and O–H groups in total. The SMILES string of the molecule is COc1cc2ncnc(Nc3ccc(F)c(Cl)c3)c2cc1OC1CCN(CC(=O)O)CC1. The van der Waals surface area contributed by atoms with E-state index in [2.05, 4.69) is 15.3 Å². The number of carboxylic acids is 1. The van der Waals surface area contributed by atoms with E-state index in [1.165, 1.54) is 18.5 Å². The number of hydrogen-bond donors (Lipinski definition) is 2. The summed E-state index contributed by atoms with van der Waals surface area (Å²) < 4.78 is 25.2. The molecule has 4 rings (SSSR count). The van der Waals surface area contributed by atoms with Gasteiger partial charge in [-0.1, -0.05) is 11.6 Å². The van der Waals surface area contributed by atoms with Gasteiger partial charge in [0, 0.05) is 30.2 Å². The number of anilines is 2. The zero-order valence-electron chi connectivity index (χ0n) is 17.3. The van der Waals surface area contributed by atoms with Gasteiger partial charge in [0.05, 0.1) is 24.2 Å². The van der Waals surface area contributed by atoms with Crippen LogP contribution >= 0.6 is 11.6 Å². The number of methoxy groups -OCH3 is 1. The highest BCUT2D eigenvalue weighted by Crippen LogP contribution is 2.36. The van der Waals surface area contributed by atoms with E-state index in [1.54, 1.807) is 19.2 Å². The topological polar surface area (TPSA) is 96.8 Å². The average molecular weight is 461 g/mol. The average Bonchev–Trinajstić information content (AvgIpc) is 2.77. The molecule has 8 nitrogen and oxygen atoms in total. The molecule has 0 aliphatic carbocycles. The van der Waals surface area contributed by atoms with E-state index in [0.717, 1.165) is 0 Å². The number of ether oxygens (including phenoxy) is 2. The highest BCUT2D eigenvalue weighted by Gasteiger charge is 2.23. The Morgan fingerprint density at radius 3 is 2.72 bits per heavy atom. The first kappa shape index (κ1) is 22.0. The fourth-order valence-corrected chi connectivity index (χ4v) is 3.86. The molecule has 1 saturated heterocycles. The van der Waals surface area contributed by atoms with Crippen LogP contribution in [0.25, 0.3) is 10.9 Å². The van der Waals surface area contributed by atoms with Crippen molar-refractivity contribution in [2.24, 2.45) is 0 Å². The van der Waals surface area contributed by atoms with Gasteiger partial charge in [-0.25, -0.2) is 14.4 Å². The van der Waals surface area contributed by atoms with Gasteiger partial charge >= 0.3 is 5.97 Å². The lowest BCUT2D eigenvalue weighted by molar-refractivity contribution is -0.138. The molecule has 0 saturated carbocycles. The van der Waals surface area contributed by atoms with Crippen LogP contribution in [0.2, 0.25) is 5.02 Å². The molecule has 1 aliphatic heterocycles. The summed E-state index contributed by atoms with van der Waals surface area (Å²) in [6, 6.07) is 7.92. The van der Waals surface area contributed by atoms with Crippen molar-refractivity contribution in [1.82, 2.24) is 14.9 Å². The number of aliphatic carboxylic acids is 1. The van der Waals surface area contributed by atoms with Crippen molar-refractivity contribution < 1.29 is 23.8 Å². The van der Waals surface area contributed by atoms with Gasteiger partial charge in [-0.05, 0) is 37.1 Å². The monoisotopic (exact) mass is 460 g/mol. The van der Waals surface area contributed by atoms with Crippen LogP contribution in [0.4, 0.5) is 15.9 Å². The predicted molar refractivity (Wildman–Crippen MR) is 119 cm³/mol. The van der Waals surface area contributed by atoms with E-state index in [4.69, 9.17) is 26.2 Å². The summed E-state index contributed by atoms with van der Waals surface area (Å²) in [5.74, 6) is 0.274. The largest absolute Gasteiger partial charge is 0.493 e. The van der Waals surface area contributed by atoms with E-state index in [9.17, 15) is 9.18 Å². The van der Waals surface area contributed by atoms with Crippen LogP contribution in [-0.2, 0) is 4.79 Å². The molecule has 10 heteroatoms. The van der Waals surface area contributed by atoms with Gasteiger partial charge < -0.3 is 19.9 Å². The number of rotatable bonds is 7. The van der Waals surface area contributed by atoms with Gasteiger partial charge in [0.15, 0.2) is 11.5 Å². The Bertz CT molecular complexity index is 1140. The number of halogens is 2. The quantitative estimate of drug-likeness (QED) is 0.544. The maximum Gasteiger partial charge on any atom is 0.317 e. The highest BCUT2D eigenvalue weighted by atomic mass is 35.5. The highest BCUT2D eigenvalue weighted by molar-refractivity contribution is 6.31. The summed E-state index contributed by atoms with van der Waals surface area (Å²) >= 11 is 5.89. The Labute approximate surface area is 188 Å². The summed E-state index contributed by atoms with van der Waals surface area (Å²) in [6.07, 6.45) is 2.77. The van der Waals surface area contributed by atoms with Crippen LogP contribution in [0.5, 0.6) is 11.5 Å². The second-order valence-electron chi connectivity index (χ2n) is 7.48. The molecular formula is C22H22ClFN4O4. The Kier molecular flexibility index (Phi) is 6.57. The molecule has 1 aromatic heterocycles. The first-order chi connectivity index (χ1) is 15.4. The first-order valence-corrected chi connectivity index (χ1v) is 10.5. The molecule has 32 heavy (non-hydrogen) atoms. The summed E-state index contributed by atoms with van der Waals surface area (Å²) in [6.45, 7) is 1.33. The van der Waals surface area contributed by atoms with E-state index in [0.29, 0.717) is 59.8 Å². The van der Waals surface area contributed by atoms with E-state index >= 15 is 0 Å². The number of piperidine rings is 1. The van der Waals surface area contributed by atoms with E-state index in [1.807, 2.05) is 11.0 Å². The number of likely N-dealkylation sites (tertiary alicyclic amines) is 1. The Balaban J connectivity index is 1.58. The second-order valence-corrected chi connectivity index (χ2v) is 7.89. The minimum atomic E-state index is -0.831. The lowest BCUT2D eigenvalue weighted by Gasteiger charge is -2.31. The molecular weight excluding hydrogens is 439 g/mol. The summed E-state index contributed by atoms with van der Waals surface area (Å²) in [4.78, 5) is 21.4. The number of hydrogen-bond acceptors (Lipinski definition) is 7. The van der Waals surface area contributed by atoms with Crippen LogP contribution in [-0.4, -0.2) is 58.8 Å². The number of fused-ring (bicyclic) bond motifs is 1. The third kappa shape index (κ3) is 5.00. The van der Waals surface area contributed by atoms with Crippen molar-refractivity contribution in [3.63, 3.8) is 0 Å². The minimum Gasteiger partial charge on any atom is -0.493 e. The maximum absolute atomic E-state index is 13.5. The Morgan fingerprint density at radius 2 is 2.03 bits per heavy atom. The second kappa shape index (κ2) is 9.54. The molecule has 2 aromatic carbocycles. The number of carboxylic acid groups (broad SMARTS) is 1. The maximum atomic E-state index is 13.5. The number of carbonyl (C=O) groups is 1. The summed E-state index contributed by atoms with van der Waals surface area (Å²) in [5, 5.41) is 12.8. The van der Waals surface area contributed by atoms with Gasteiger partial charge in [0.1, 0.15) is 24.1 Å².